The third-order valence-electron chi connectivity index (χ3n) is 10.5. The normalized spacial score (nSPS) is 18.0. The van der Waals surface area contributed by atoms with E-state index >= 15 is 0 Å². The zero-order valence-corrected chi connectivity index (χ0v) is 38.7. The smallest absolute Gasteiger partial charge is 0.472 e. The molecule has 6 atom stereocenters. The molecule has 1 aliphatic rings. The highest BCUT2D eigenvalue weighted by Gasteiger charge is 2.29. The number of unbranched alkanes of at least 4 members (excludes halogenated alkanes) is 15. The number of ketones is 1. The molecule has 0 spiro atoms. The number of esters is 2. The second-order valence-electron chi connectivity index (χ2n) is 16.2. The van der Waals surface area contributed by atoms with Gasteiger partial charge in [-0.05, 0) is 76.2 Å². The largest absolute Gasteiger partial charge is 0.480 e. The standard InChI is InChI=1S/C48H80NO12P/c1-3-5-7-8-9-10-11-12-13-14-15-16-17-18-19-20-21-22-27-31-46(52)58-37-42(38-59-62(56,57)60-39-44(49)48(54)55)61-47(53)32-28-24-23-26-29-40-33-36-45(51)43(40)35-34-41(50)30-25-6-4-2/h9-10,12-13,23,26,33-36,40-44,50H,3-8,11,14-22,24-25,27-32,37-39,49H2,1-2H3,(H,54,55)(H,56,57)/b10-9-,13-12-,26-23-,35-34+/t40-,41-,42+,43+,44-/m0/s1. The number of nitrogens with two attached hydrogens (primary N) is 1. The van der Waals surface area contributed by atoms with Gasteiger partial charge in [-0.1, -0.05) is 146 Å². The van der Waals surface area contributed by atoms with Gasteiger partial charge in [0.05, 0.1) is 19.3 Å². The molecule has 0 aromatic rings. The SMILES string of the molecule is CCCCC/C=C\C/C=C\CCCCCCCCCCCC(=O)OC[C@H](COP(=O)(O)OC[C@H](N)C(=O)O)OC(=O)CCC/C=C\C[C@H]1C=CC(=O)[C@@H]1/C=C/[C@@H](O)CCCCC. The molecule has 1 aliphatic carbocycles. The Hall–Kier alpha value is -3.19. The van der Waals surface area contributed by atoms with Crippen molar-refractivity contribution >= 4 is 31.5 Å². The van der Waals surface area contributed by atoms with Crippen molar-refractivity contribution in [2.75, 3.05) is 19.8 Å². The number of hydrogen-bond acceptors (Lipinski definition) is 11. The number of hydrogen-bond donors (Lipinski definition) is 4. The minimum absolute atomic E-state index is 0.00729. The van der Waals surface area contributed by atoms with Crippen LogP contribution < -0.4 is 5.73 Å². The van der Waals surface area contributed by atoms with Gasteiger partial charge in [-0.2, -0.15) is 0 Å². The molecular weight excluding hydrogens is 813 g/mol. The van der Waals surface area contributed by atoms with Crippen LogP contribution in [0.4, 0.5) is 0 Å². The Labute approximate surface area is 372 Å². The molecule has 62 heavy (non-hydrogen) atoms. The highest BCUT2D eigenvalue weighted by atomic mass is 31.2. The number of carbonyl (C=O) groups excluding carboxylic acids is 3. The Kier molecular flexibility index (Phi) is 34.1. The van der Waals surface area contributed by atoms with Crippen LogP contribution in [0.5, 0.6) is 0 Å². The van der Waals surface area contributed by atoms with Gasteiger partial charge in [0, 0.05) is 18.8 Å². The van der Waals surface area contributed by atoms with Crippen LogP contribution in [-0.4, -0.2) is 76.9 Å². The van der Waals surface area contributed by atoms with Crippen LogP contribution in [0.1, 0.15) is 168 Å². The first-order valence-electron chi connectivity index (χ1n) is 23.4. The molecule has 14 heteroatoms. The topological polar surface area (TPSA) is 209 Å². The summed E-state index contributed by atoms with van der Waals surface area (Å²) in [6.07, 6.45) is 40.5. The average molecular weight is 894 g/mol. The lowest BCUT2D eigenvalue weighted by molar-refractivity contribution is -0.161. The first kappa shape index (κ1) is 56.8. The molecule has 0 heterocycles. The minimum Gasteiger partial charge on any atom is -0.480 e. The molecule has 354 valence electrons. The van der Waals surface area contributed by atoms with Crippen LogP contribution in [0, 0.1) is 11.8 Å². The van der Waals surface area contributed by atoms with Crippen LogP contribution in [0.25, 0.3) is 0 Å². The lowest BCUT2D eigenvalue weighted by atomic mass is 9.90. The molecule has 1 rings (SSSR count). The van der Waals surface area contributed by atoms with E-state index in [1.807, 2.05) is 18.2 Å². The number of ether oxygens (including phenoxy) is 2. The third-order valence-corrected chi connectivity index (χ3v) is 11.4. The van der Waals surface area contributed by atoms with Crippen molar-refractivity contribution in [2.45, 2.75) is 186 Å². The molecule has 5 N–H and O–H groups in total. The molecule has 0 amide bonds. The number of aliphatic hydroxyl groups is 1. The number of aliphatic carboxylic acids is 1. The van der Waals surface area contributed by atoms with Gasteiger partial charge in [0.1, 0.15) is 12.6 Å². The molecule has 0 radical (unpaired) electrons. The summed E-state index contributed by atoms with van der Waals surface area (Å²) in [4.78, 5) is 58.6. The number of allylic oxidation sites excluding steroid dienone is 9. The van der Waals surface area contributed by atoms with Gasteiger partial charge in [-0.3, -0.25) is 28.2 Å². The molecule has 0 saturated heterocycles. The van der Waals surface area contributed by atoms with Gasteiger partial charge in [0.25, 0.3) is 0 Å². The molecule has 0 aromatic heterocycles. The van der Waals surface area contributed by atoms with Gasteiger partial charge in [-0.15, -0.1) is 0 Å². The second kappa shape index (κ2) is 37.2. The summed E-state index contributed by atoms with van der Waals surface area (Å²) >= 11 is 0. The van der Waals surface area contributed by atoms with Crippen molar-refractivity contribution in [2.24, 2.45) is 17.6 Å². The fraction of sp³-hybridized carbons (Fsp3) is 0.708. The van der Waals surface area contributed by atoms with E-state index in [2.05, 4.69) is 42.7 Å². The Morgan fingerprint density at radius 1 is 0.742 bits per heavy atom. The van der Waals surface area contributed by atoms with Gasteiger partial charge in [-0.25, -0.2) is 4.57 Å². The van der Waals surface area contributed by atoms with Crippen LogP contribution in [0.2, 0.25) is 0 Å². The van der Waals surface area contributed by atoms with Crippen molar-refractivity contribution in [1.29, 1.82) is 0 Å². The Bertz CT molecular complexity index is 1430. The maximum Gasteiger partial charge on any atom is 0.472 e. The predicted octanol–water partition coefficient (Wildman–Crippen LogP) is 10.3. The quantitative estimate of drug-likeness (QED) is 0.0196. The first-order valence-corrected chi connectivity index (χ1v) is 24.9. The first-order chi connectivity index (χ1) is 29.9. The monoisotopic (exact) mass is 894 g/mol. The van der Waals surface area contributed by atoms with E-state index in [0.717, 1.165) is 57.8 Å². The van der Waals surface area contributed by atoms with Crippen molar-refractivity contribution < 1.29 is 57.4 Å². The highest BCUT2D eigenvalue weighted by molar-refractivity contribution is 7.47. The number of phosphoric acid groups is 1. The van der Waals surface area contributed by atoms with E-state index in [4.69, 9.17) is 24.8 Å². The van der Waals surface area contributed by atoms with E-state index in [1.54, 1.807) is 18.2 Å². The number of carbonyl (C=O) groups is 4. The summed E-state index contributed by atoms with van der Waals surface area (Å²) < 4.78 is 32.7. The molecular formula is C48H80NO12P. The summed E-state index contributed by atoms with van der Waals surface area (Å²) in [5, 5.41) is 19.1. The maximum atomic E-state index is 12.7. The maximum absolute atomic E-state index is 12.7. The van der Waals surface area contributed by atoms with Crippen molar-refractivity contribution in [3.05, 3.63) is 60.8 Å². The lowest BCUT2D eigenvalue weighted by Gasteiger charge is -2.20. The number of rotatable bonds is 40. The molecule has 0 aromatic carbocycles. The number of carboxylic acids is 1. The Morgan fingerprint density at radius 2 is 1.31 bits per heavy atom. The molecule has 1 unspecified atom stereocenters. The summed E-state index contributed by atoms with van der Waals surface area (Å²) in [7, 11) is -4.78. The van der Waals surface area contributed by atoms with E-state index in [1.165, 1.54) is 51.4 Å². The van der Waals surface area contributed by atoms with E-state index in [-0.39, 0.29) is 30.5 Å². The zero-order valence-electron chi connectivity index (χ0n) is 37.8. The molecule has 0 bridgehead atoms. The van der Waals surface area contributed by atoms with E-state index < -0.39 is 63.8 Å². The highest BCUT2D eigenvalue weighted by Crippen LogP contribution is 2.43. The average Bonchev–Trinajstić information content (AvgIpc) is 3.60. The predicted molar refractivity (Wildman–Crippen MR) is 244 cm³/mol. The fourth-order valence-corrected chi connectivity index (χ4v) is 7.45. The van der Waals surface area contributed by atoms with E-state index in [9.17, 15) is 33.7 Å². The van der Waals surface area contributed by atoms with E-state index in [0.29, 0.717) is 32.1 Å². The van der Waals surface area contributed by atoms with Gasteiger partial charge in [0.15, 0.2) is 11.9 Å². The minimum atomic E-state index is -4.78. The molecule has 0 saturated carbocycles. The number of carboxylic acid groups (broad SMARTS) is 1. The summed E-state index contributed by atoms with van der Waals surface area (Å²) in [5.74, 6) is -2.88. The fourth-order valence-electron chi connectivity index (χ4n) is 6.67. The Balaban J connectivity index is 2.42. The van der Waals surface area contributed by atoms with Crippen LogP contribution in [0.3, 0.4) is 0 Å². The van der Waals surface area contributed by atoms with Gasteiger partial charge in [0.2, 0.25) is 0 Å². The van der Waals surface area contributed by atoms with Crippen LogP contribution in [0.15, 0.2) is 60.8 Å². The zero-order chi connectivity index (χ0) is 45.7. The van der Waals surface area contributed by atoms with Crippen molar-refractivity contribution in [3.63, 3.8) is 0 Å². The lowest BCUT2D eigenvalue weighted by Crippen LogP contribution is -2.34. The van der Waals surface area contributed by atoms with Crippen LogP contribution >= 0.6 is 7.82 Å². The Morgan fingerprint density at radius 3 is 1.97 bits per heavy atom. The van der Waals surface area contributed by atoms with Crippen molar-refractivity contribution in [1.82, 2.24) is 0 Å². The summed E-state index contributed by atoms with van der Waals surface area (Å²) in [5.41, 5.74) is 5.34. The van der Waals surface area contributed by atoms with Crippen LogP contribution in [-0.2, 0) is 42.3 Å². The summed E-state index contributed by atoms with van der Waals surface area (Å²) in [6.45, 7) is 2.47. The second-order valence-corrected chi connectivity index (χ2v) is 17.6. The van der Waals surface area contributed by atoms with Crippen molar-refractivity contribution in [3.8, 4) is 0 Å². The molecule has 0 aliphatic heterocycles. The number of aliphatic hydroxyl groups excluding tert-OH is 1. The summed E-state index contributed by atoms with van der Waals surface area (Å²) in [6, 6.07) is -1.56. The molecule has 13 nitrogen and oxygen atoms in total. The van der Waals surface area contributed by atoms with Gasteiger partial charge >= 0.3 is 25.7 Å². The third kappa shape index (κ3) is 31.6. The number of phosphoric ester groups is 1. The molecule has 0 fully saturated rings. The van der Waals surface area contributed by atoms with Gasteiger partial charge < -0.3 is 30.3 Å².